The molecule has 4 aromatic carbocycles. The van der Waals surface area contributed by atoms with Gasteiger partial charge >= 0.3 is 0 Å². The minimum atomic E-state index is -2.17. The number of ether oxygens (including phenoxy) is 1. The van der Waals surface area contributed by atoms with E-state index in [0.717, 1.165) is 16.7 Å². The normalized spacial score (nSPS) is 28.3. The van der Waals surface area contributed by atoms with Crippen LogP contribution in [-0.2, 0) is 15.6 Å². The number of nitrogens with one attached hydrogen (secondary N) is 1. The van der Waals surface area contributed by atoms with Crippen LogP contribution >= 0.6 is 0 Å². The number of nitrogens with zero attached hydrogens (tertiary/aromatic N) is 3. The lowest BCUT2D eigenvalue weighted by atomic mass is 9.44. The highest BCUT2D eigenvalue weighted by Crippen LogP contribution is 2.90. The summed E-state index contributed by atoms with van der Waals surface area (Å²) in [5.74, 6) is 3.23. The van der Waals surface area contributed by atoms with Gasteiger partial charge in [-0.05, 0) is 33.4 Å². The Morgan fingerprint density at radius 3 is 1.41 bits per heavy atom. The van der Waals surface area contributed by atoms with Gasteiger partial charge in [-0.15, -0.1) is 5.54 Å². The minimum Gasteiger partial charge on any atom is -0.457 e. The Kier molecular flexibility index (Phi) is 6.11. The molecule has 2 aliphatic carbocycles. The molecule has 0 spiro atoms. The number of rotatable bonds is 4. The second-order valence-electron chi connectivity index (χ2n) is 13.2. The molecule has 1 N–H and O–H groups in total. The van der Waals surface area contributed by atoms with E-state index >= 15 is 0 Å². The first-order chi connectivity index (χ1) is 22.2. The number of nitriles is 3. The lowest BCUT2D eigenvalue weighted by Crippen LogP contribution is -2.63. The van der Waals surface area contributed by atoms with Crippen molar-refractivity contribution in [2.24, 2.45) is 10.8 Å². The highest BCUT2D eigenvalue weighted by Gasteiger charge is 3.02. The van der Waals surface area contributed by atoms with E-state index in [9.17, 15) is 21.2 Å². The average Bonchev–Trinajstić information content (AvgIpc) is 3.54. The second-order valence-corrected chi connectivity index (χ2v) is 17.9. The Labute approximate surface area is 270 Å². The van der Waals surface area contributed by atoms with Gasteiger partial charge in [0.25, 0.3) is 0 Å². The molecule has 4 aromatic rings. The van der Waals surface area contributed by atoms with Gasteiger partial charge < -0.3 is 4.74 Å². The van der Waals surface area contributed by atoms with Gasteiger partial charge in [-0.1, -0.05) is 147 Å². The molecule has 0 amide bonds. The van der Waals surface area contributed by atoms with Crippen LogP contribution in [0.4, 0.5) is 0 Å². The summed E-state index contributed by atoms with van der Waals surface area (Å²) in [6.07, 6.45) is 0. The average molecular weight is 611 g/mol. The zero-order valence-corrected chi connectivity index (χ0v) is 26.8. The van der Waals surface area contributed by atoms with Crippen LogP contribution in [0.3, 0.4) is 0 Å². The first kappa shape index (κ1) is 29.1. The fourth-order valence-corrected chi connectivity index (χ4v) is 9.25. The van der Waals surface area contributed by atoms with E-state index in [1.54, 1.807) is 0 Å². The van der Waals surface area contributed by atoms with Gasteiger partial charge in [0, 0.05) is 0 Å². The molecule has 1 saturated carbocycles. The Morgan fingerprint density at radius 1 is 0.587 bits per heavy atom. The number of hydrogen-bond donors (Lipinski definition) is 1. The second kappa shape index (κ2) is 9.67. The standard InChI is InChI=1S/C40H30N4OSi/c1-46(2,3)25-24-38-39(31-20-12-6-13-21-31)33(29-16-8-4-9-17-29)34(30-18-10-5-11-19-30)40(38,32-22-14-7-15-23-32)37(28-43,35(44)45-38)36(39,26-41)27-42/h4-23,44H,1-3H3/t37-,38+,39-,40+/m0/s1. The first-order valence-electron chi connectivity index (χ1n) is 15.2. The van der Waals surface area contributed by atoms with Crippen molar-refractivity contribution in [1.29, 1.82) is 21.2 Å². The van der Waals surface area contributed by atoms with Crippen molar-refractivity contribution >= 4 is 25.1 Å². The summed E-state index contributed by atoms with van der Waals surface area (Å²) in [6.45, 7) is 6.38. The molecule has 6 heteroatoms. The van der Waals surface area contributed by atoms with Gasteiger partial charge in [0.1, 0.15) is 18.9 Å². The first-order valence-corrected chi connectivity index (χ1v) is 18.7. The van der Waals surface area contributed by atoms with Crippen molar-refractivity contribution in [2.45, 2.75) is 36.1 Å². The number of benzene rings is 4. The Balaban J connectivity index is 1.91. The van der Waals surface area contributed by atoms with Crippen LogP contribution in [0.15, 0.2) is 121 Å². The maximum atomic E-state index is 11.7. The van der Waals surface area contributed by atoms with Gasteiger partial charge in [0.05, 0.1) is 18.2 Å². The maximum absolute atomic E-state index is 11.7. The monoisotopic (exact) mass is 610 g/mol. The molecule has 5 nitrogen and oxygen atoms in total. The summed E-state index contributed by atoms with van der Waals surface area (Å²) in [4.78, 5) is 0. The summed E-state index contributed by atoms with van der Waals surface area (Å²) in [6, 6.07) is 46.0. The van der Waals surface area contributed by atoms with Gasteiger partial charge in [-0.25, -0.2) is 0 Å². The zero-order chi connectivity index (χ0) is 32.4. The lowest BCUT2D eigenvalue weighted by Gasteiger charge is -2.52. The fourth-order valence-electron chi connectivity index (χ4n) is 8.70. The fraction of sp³-hybridized carbons (Fsp3) is 0.200. The number of hydrogen-bond acceptors (Lipinski definition) is 5. The van der Waals surface area contributed by atoms with Crippen LogP contribution in [0.5, 0.6) is 0 Å². The van der Waals surface area contributed by atoms with Crippen molar-refractivity contribution in [3.8, 4) is 29.7 Å². The van der Waals surface area contributed by atoms with E-state index in [1.807, 2.05) is 121 Å². The Bertz CT molecular complexity index is 2110. The summed E-state index contributed by atoms with van der Waals surface area (Å²) in [5.41, 5.74) is -1.18. The van der Waals surface area contributed by atoms with Crippen LogP contribution in [-0.4, -0.2) is 19.6 Å². The Morgan fingerprint density at radius 2 is 1.00 bits per heavy atom. The van der Waals surface area contributed by atoms with E-state index in [-0.39, 0.29) is 0 Å². The predicted octanol–water partition coefficient (Wildman–Crippen LogP) is 7.67. The summed E-state index contributed by atoms with van der Waals surface area (Å²) in [7, 11) is -2.17. The smallest absolute Gasteiger partial charge is 0.207 e. The summed E-state index contributed by atoms with van der Waals surface area (Å²) >= 11 is 0. The van der Waals surface area contributed by atoms with Crippen molar-refractivity contribution in [1.82, 2.24) is 0 Å². The molecular weight excluding hydrogens is 581 g/mol. The van der Waals surface area contributed by atoms with Crippen molar-refractivity contribution in [3.63, 3.8) is 0 Å². The topological polar surface area (TPSA) is 104 Å². The molecule has 4 bridgehead atoms. The van der Waals surface area contributed by atoms with Gasteiger partial charge in [0.2, 0.25) is 11.5 Å². The lowest BCUT2D eigenvalue weighted by molar-refractivity contribution is 0.0399. The SMILES string of the molecule is C[Si](C)(C)C#C[C@@]12OC(=N)[C@@]3(C#N)C(C#N)(C#N)[C@]1(c1ccccc1)C(c1ccccc1)=C(c1ccccc1)[C@@]23c1ccccc1. The molecule has 220 valence electrons. The van der Waals surface area contributed by atoms with E-state index in [2.05, 4.69) is 49.3 Å². The molecule has 0 radical (unpaired) electrons. The molecule has 2 fully saturated rings. The molecule has 7 rings (SSSR count). The zero-order valence-electron chi connectivity index (χ0n) is 25.8. The summed E-state index contributed by atoms with van der Waals surface area (Å²) in [5, 5.41) is 44.4. The van der Waals surface area contributed by atoms with Crippen molar-refractivity contribution in [3.05, 3.63) is 144 Å². The van der Waals surface area contributed by atoms with Crippen molar-refractivity contribution < 1.29 is 4.74 Å². The third-order valence-electron chi connectivity index (χ3n) is 9.99. The molecule has 0 unspecified atom stereocenters. The third-order valence-corrected chi connectivity index (χ3v) is 10.9. The molecule has 46 heavy (non-hydrogen) atoms. The van der Waals surface area contributed by atoms with Crippen LogP contribution in [0, 0.1) is 61.7 Å². The van der Waals surface area contributed by atoms with Crippen LogP contribution < -0.4 is 0 Å². The highest BCUT2D eigenvalue weighted by molar-refractivity contribution is 6.83. The predicted molar refractivity (Wildman–Crippen MR) is 180 cm³/mol. The van der Waals surface area contributed by atoms with Crippen LogP contribution in [0.2, 0.25) is 19.6 Å². The van der Waals surface area contributed by atoms with Gasteiger partial charge in [-0.2, -0.15) is 15.8 Å². The third kappa shape index (κ3) is 2.96. The van der Waals surface area contributed by atoms with E-state index in [0.29, 0.717) is 16.7 Å². The molecular formula is C40H30N4OSi. The molecule has 4 atom stereocenters. The highest BCUT2D eigenvalue weighted by atomic mass is 28.3. The molecule has 1 aliphatic heterocycles. The van der Waals surface area contributed by atoms with Crippen LogP contribution in [0.25, 0.3) is 11.1 Å². The van der Waals surface area contributed by atoms with E-state index in [4.69, 9.17) is 4.74 Å². The molecule has 3 aliphatic rings. The minimum absolute atomic E-state index is 0.404. The summed E-state index contributed by atoms with van der Waals surface area (Å²) < 4.78 is 6.97. The molecule has 0 aromatic heterocycles. The quantitative estimate of drug-likeness (QED) is 0.189. The van der Waals surface area contributed by atoms with Crippen LogP contribution in [0.1, 0.15) is 22.3 Å². The largest absolute Gasteiger partial charge is 0.457 e. The Hall–Kier alpha value is -5.66. The van der Waals surface area contributed by atoms with E-state index in [1.165, 1.54) is 0 Å². The van der Waals surface area contributed by atoms with Gasteiger partial charge in [-0.3, -0.25) is 5.41 Å². The maximum Gasteiger partial charge on any atom is 0.207 e. The molecule has 1 saturated heterocycles. The van der Waals surface area contributed by atoms with Gasteiger partial charge in [0.15, 0.2) is 10.8 Å². The van der Waals surface area contributed by atoms with E-state index < -0.39 is 41.2 Å². The molecule has 1 heterocycles. The van der Waals surface area contributed by atoms with Crippen molar-refractivity contribution in [2.75, 3.05) is 0 Å².